The summed E-state index contributed by atoms with van der Waals surface area (Å²) < 4.78 is 13.9. The lowest BCUT2D eigenvalue weighted by molar-refractivity contribution is -0.152. The number of rotatable bonds is 14. The molecule has 0 bridgehead atoms. The monoisotopic (exact) mass is 1020 g/mol. The van der Waals surface area contributed by atoms with Crippen molar-refractivity contribution in [3.8, 4) is 22.8 Å². The molecule has 4 aromatic carbocycles. The van der Waals surface area contributed by atoms with Gasteiger partial charge in [0, 0.05) is 74.9 Å². The molecule has 382 valence electrons. The number of hydrogen-bond donors (Lipinski definition) is 3. The van der Waals surface area contributed by atoms with Gasteiger partial charge in [0.15, 0.2) is 0 Å². The highest BCUT2D eigenvalue weighted by molar-refractivity contribution is 6.31. The minimum Gasteiger partial charge on any atom is -0.480 e. The standard InChI is InChI=1S/C53H62Cl2N8O9/c1-33-50(66)58-43(32-71-7)52(68)60(4)41(24-35-13-18-39(54)19-14-35)27-48(64)57-29-45(53(69)70)62(6)51(67)38(23-34-11-9-8-10-12-34)25-49(65)63(33)30-37-15-20-40(55)26-46(37)72-42-21-16-36(17-22-42)44-28-56-47(61(44)5)31-59(2)3/h8-22,26,28,33,38,41,43,45H,23-25,27,29-32H2,1-7H3,(H,57,64)(H,58,66)(H,69,70)/t33-,38+,41-,43-,45+/m0/s1. The molecule has 0 unspecified atom stereocenters. The van der Waals surface area contributed by atoms with Crippen LogP contribution < -0.4 is 15.4 Å². The summed E-state index contributed by atoms with van der Waals surface area (Å²) in [6.07, 6.45) is 1.30. The van der Waals surface area contributed by atoms with E-state index in [9.17, 15) is 29.1 Å². The number of carboxylic acids is 1. The van der Waals surface area contributed by atoms with Gasteiger partial charge in [0.05, 0.1) is 37.5 Å². The number of likely N-dealkylation sites (N-methyl/N-ethyl adjacent to an activating group) is 2. The number of carbonyl (C=O) groups is 6. The number of halogens is 2. The van der Waals surface area contributed by atoms with Crippen LogP contribution in [0.4, 0.5) is 0 Å². The number of ether oxygens (including phenoxy) is 2. The van der Waals surface area contributed by atoms with Crippen molar-refractivity contribution < 1.29 is 43.3 Å². The van der Waals surface area contributed by atoms with E-state index in [0.29, 0.717) is 33.5 Å². The molecule has 1 aliphatic rings. The first-order chi connectivity index (χ1) is 34.3. The predicted molar refractivity (Wildman–Crippen MR) is 273 cm³/mol. The Bertz CT molecular complexity index is 2700. The number of aliphatic carboxylic acids is 1. The van der Waals surface area contributed by atoms with Crippen LogP contribution in [0.5, 0.6) is 11.5 Å². The van der Waals surface area contributed by atoms with Gasteiger partial charge in [0.1, 0.15) is 35.4 Å². The van der Waals surface area contributed by atoms with Crippen molar-refractivity contribution in [2.45, 2.75) is 69.9 Å². The maximum atomic E-state index is 15.1. The van der Waals surface area contributed by atoms with Crippen LogP contribution in [0.3, 0.4) is 0 Å². The quantitative estimate of drug-likeness (QED) is 0.121. The Kier molecular flexibility index (Phi) is 19.0. The molecule has 0 spiro atoms. The summed E-state index contributed by atoms with van der Waals surface area (Å²) in [6.45, 7) is 1.22. The van der Waals surface area contributed by atoms with Crippen molar-refractivity contribution in [2.24, 2.45) is 13.0 Å². The number of nitrogens with one attached hydrogen (secondary N) is 2. The zero-order valence-corrected chi connectivity index (χ0v) is 43.0. The SMILES string of the molecule is COC[C@@H]1NC(=O)[C@H](C)N(Cc2ccc(Cl)cc2Oc2ccc(-c3cnc(CN(C)C)n3C)cc2)C(=O)C[C@@H](Cc2ccccc2)C(=O)N(C)[C@@H](C(=O)O)CNC(=O)C[C@H](Cc2ccc(Cl)cc2)N(C)C1=O. The highest BCUT2D eigenvalue weighted by Crippen LogP contribution is 2.33. The fourth-order valence-corrected chi connectivity index (χ4v) is 8.87. The van der Waals surface area contributed by atoms with E-state index in [1.807, 2.05) is 48.9 Å². The van der Waals surface area contributed by atoms with Gasteiger partial charge >= 0.3 is 5.97 Å². The first kappa shape index (κ1) is 54.5. The lowest BCUT2D eigenvalue weighted by atomic mass is 9.93. The first-order valence-electron chi connectivity index (χ1n) is 23.4. The number of aromatic nitrogens is 2. The smallest absolute Gasteiger partial charge is 0.328 e. The second kappa shape index (κ2) is 25.0. The van der Waals surface area contributed by atoms with E-state index in [1.54, 1.807) is 84.9 Å². The Hall–Kier alpha value is -6.79. The minimum absolute atomic E-state index is 0.0348. The van der Waals surface area contributed by atoms with Gasteiger partial charge in [-0.15, -0.1) is 0 Å². The zero-order chi connectivity index (χ0) is 52.2. The molecule has 5 atom stereocenters. The van der Waals surface area contributed by atoms with Gasteiger partial charge in [0.2, 0.25) is 29.5 Å². The lowest BCUT2D eigenvalue weighted by Crippen LogP contribution is -2.57. The third-order valence-electron chi connectivity index (χ3n) is 12.8. The maximum absolute atomic E-state index is 15.1. The number of amides is 5. The average Bonchev–Trinajstić information content (AvgIpc) is 3.71. The van der Waals surface area contributed by atoms with Crippen LogP contribution in [-0.2, 0) is 66.5 Å². The highest BCUT2D eigenvalue weighted by atomic mass is 35.5. The van der Waals surface area contributed by atoms with Crippen LogP contribution >= 0.6 is 23.2 Å². The van der Waals surface area contributed by atoms with Crippen molar-refractivity contribution in [2.75, 3.05) is 48.5 Å². The summed E-state index contributed by atoms with van der Waals surface area (Å²) >= 11 is 12.7. The number of nitrogens with zero attached hydrogens (tertiary/aromatic N) is 6. The van der Waals surface area contributed by atoms with E-state index in [4.69, 9.17) is 32.7 Å². The fourth-order valence-electron chi connectivity index (χ4n) is 8.59. The lowest BCUT2D eigenvalue weighted by Gasteiger charge is -2.35. The molecule has 19 heteroatoms. The largest absolute Gasteiger partial charge is 0.480 e. The van der Waals surface area contributed by atoms with E-state index in [-0.39, 0.29) is 38.2 Å². The fraction of sp³-hybridized carbons (Fsp3) is 0.377. The molecule has 0 saturated carbocycles. The zero-order valence-electron chi connectivity index (χ0n) is 41.5. The third kappa shape index (κ3) is 14.2. The summed E-state index contributed by atoms with van der Waals surface area (Å²) in [6, 6.07) is 23.2. The number of carbonyl (C=O) groups excluding carboxylic acids is 5. The molecule has 2 heterocycles. The van der Waals surface area contributed by atoms with Crippen LogP contribution in [0.2, 0.25) is 10.0 Å². The Labute approximate surface area is 430 Å². The second-order valence-electron chi connectivity index (χ2n) is 18.3. The van der Waals surface area contributed by atoms with E-state index in [1.165, 1.54) is 37.9 Å². The number of imidazole rings is 1. The van der Waals surface area contributed by atoms with Crippen molar-refractivity contribution in [3.63, 3.8) is 0 Å². The van der Waals surface area contributed by atoms with Crippen molar-refractivity contribution in [1.29, 1.82) is 0 Å². The predicted octanol–water partition coefficient (Wildman–Crippen LogP) is 5.85. The molecule has 6 rings (SSSR count). The molecule has 3 N–H and O–H groups in total. The summed E-state index contributed by atoms with van der Waals surface area (Å²) in [5.41, 5.74) is 3.71. The van der Waals surface area contributed by atoms with Crippen LogP contribution in [0.15, 0.2) is 103 Å². The van der Waals surface area contributed by atoms with Crippen molar-refractivity contribution in [1.82, 2.24) is 39.8 Å². The van der Waals surface area contributed by atoms with Gasteiger partial charge in [-0.05, 0) is 93.5 Å². The molecule has 0 aliphatic carbocycles. The van der Waals surface area contributed by atoms with Gasteiger partial charge in [-0.2, -0.15) is 0 Å². The van der Waals surface area contributed by atoms with Crippen molar-refractivity contribution in [3.05, 3.63) is 136 Å². The Balaban J connectivity index is 1.39. The molecular formula is C53H62Cl2N8O9. The van der Waals surface area contributed by atoms with Crippen LogP contribution in [0.1, 0.15) is 42.3 Å². The van der Waals surface area contributed by atoms with Gasteiger partial charge in [-0.25, -0.2) is 9.78 Å². The molecule has 5 amide bonds. The highest BCUT2D eigenvalue weighted by Gasteiger charge is 2.38. The Morgan fingerprint density at radius 2 is 1.50 bits per heavy atom. The minimum atomic E-state index is -1.54. The summed E-state index contributed by atoms with van der Waals surface area (Å²) in [4.78, 5) is 95.6. The number of carboxylic acid groups (broad SMARTS) is 1. The van der Waals surface area contributed by atoms with E-state index in [0.717, 1.165) is 27.5 Å². The van der Waals surface area contributed by atoms with Crippen LogP contribution in [0.25, 0.3) is 11.3 Å². The summed E-state index contributed by atoms with van der Waals surface area (Å²) in [7, 11) is 10.1. The molecule has 1 aliphatic heterocycles. The van der Waals surface area contributed by atoms with Gasteiger partial charge in [-0.1, -0.05) is 71.7 Å². The average molecular weight is 1030 g/mol. The number of methoxy groups -OCH3 is 1. The Morgan fingerprint density at radius 3 is 2.15 bits per heavy atom. The van der Waals surface area contributed by atoms with E-state index < -0.39 is 78.6 Å². The third-order valence-corrected chi connectivity index (χ3v) is 13.3. The van der Waals surface area contributed by atoms with Crippen LogP contribution in [0, 0.1) is 5.92 Å². The molecular weight excluding hydrogens is 964 g/mol. The molecule has 1 aromatic heterocycles. The van der Waals surface area contributed by atoms with Gasteiger partial charge < -0.3 is 49.4 Å². The van der Waals surface area contributed by atoms with Gasteiger partial charge in [-0.3, -0.25) is 24.0 Å². The second-order valence-corrected chi connectivity index (χ2v) is 19.2. The summed E-state index contributed by atoms with van der Waals surface area (Å²) in [5, 5.41) is 16.8. The molecule has 72 heavy (non-hydrogen) atoms. The van der Waals surface area contributed by atoms with Crippen LogP contribution in [-0.4, -0.2) is 142 Å². The number of hydrogen-bond acceptors (Lipinski definition) is 10. The van der Waals surface area contributed by atoms with E-state index >= 15 is 4.79 Å². The molecule has 5 aromatic rings. The Morgan fingerprint density at radius 1 is 0.833 bits per heavy atom. The maximum Gasteiger partial charge on any atom is 0.328 e. The number of benzene rings is 4. The topological polar surface area (TPSA) is 196 Å². The van der Waals surface area contributed by atoms with Crippen molar-refractivity contribution >= 4 is 58.7 Å². The van der Waals surface area contributed by atoms with E-state index in [2.05, 4.69) is 15.6 Å². The summed E-state index contributed by atoms with van der Waals surface area (Å²) in [5.74, 6) is -4.07. The van der Waals surface area contributed by atoms with Gasteiger partial charge in [0.25, 0.3) is 0 Å². The molecule has 17 nitrogen and oxygen atoms in total. The first-order valence-corrected chi connectivity index (χ1v) is 24.2. The molecule has 1 fully saturated rings. The normalized spacial score (nSPS) is 20.0. The molecule has 1 saturated heterocycles. The molecule has 0 radical (unpaired) electrons.